The Kier molecular flexibility index (Phi) is 4.85. The van der Waals surface area contributed by atoms with E-state index in [0.717, 1.165) is 10.8 Å². The molecule has 22 heavy (non-hydrogen) atoms. The molecule has 1 aromatic carbocycles. The van der Waals surface area contributed by atoms with Crippen LogP contribution in [-0.2, 0) is 9.53 Å². The molecule has 5 nitrogen and oxygen atoms in total. The maximum Gasteiger partial charge on any atom is 0.257 e. The van der Waals surface area contributed by atoms with Gasteiger partial charge in [0.2, 0.25) is 0 Å². The Morgan fingerprint density at radius 2 is 1.91 bits per heavy atom. The number of allylic oxidation sites excluding steroid dienone is 2. The molecule has 1 unspecified atom stereocenters. The van der Waals surface area contributed by atoms with Gasteiger partial charge in [0.05, 0.1) is 21.3 Å². The van der Waals surface area contributed by atoms with E-state index < -0.39 is 5.92 Å². The van der Waals surface area contributed by atoms with Crippen LogP contribution < -0.4 is 20.0 Å². The SMILES string of the molecule is COC1=c2ccc(OC)c(OC)c2=NC(=O)C1CC=C(C)C. The second-order valence-corrected chi connectivity index (χ2v) is 5.29. The van der Waals surface area contributed by atoms with Crippen LogP contribution in [0.3, 0.4) is 0 Å². The Balaban J connectivity index is 2.70. The Morgan fingerprint density at radius 3 is 2.45 bits per heavy atom. The first kappa shape index (κ1) is 16.1. The number of amides is 1. The molecule has 0 N–H and O–H groups in total. The summed E-state index contributed by atoms with van der Waals surface area (Å²) in [7, 11) is 4.65. The number of hydrogen-bond donors (Lipinski definition) is 0. The summed E-state index contributed by atoms with van der Waals surface area (Å²) < 4.78 is 16.1. The van der Waals surface area contributed by atoms with E-state index in [0.29, 0.717) is 29.0 Å². The monoisotopic (exact) mass is 303 g/mol. The van der Waals surface area contributed by atoms with Crippen molar-refractivity contribution in [2.24, 2.45) is 10.9 Å². The third-order valence-electron chi connectivity index (χ3n) is 3.60. The summed E-state index contributed by atoms with van der Waals surface area (Å²) in [5, 5.41) is 1.24. The third kappa shape index (κ3) is 2.84. The standard InChI is InChI=1S/C17H21NO4/c1-10(2)6-7-12-15(21-4)11-8-9-13(20-3)16(22-5)14(11)18-17(12)19/h6,8-9,12H,7H2,1-5H3. The zero-order valence-corrected chi connectivity index (χ0v) is 13.6. The molecule has 5 heteroatoms. The summed E-state index contributed by atoms with van der Waals surface area (Å²) in [6.45, 7) is 4.00. The van der Waals surface area contributed by atoms with Gasteiger partial charge in [0.25, 0.3) is 5.91 Å². The third-order valence-corrected chi connectivity index (χ3v) is 3.60. The van der Waals surface area contributed by atoms with Gasteiger partial charge in [-0.1, -0.05) is 11.6 Å². The summed E-state index contributed by atoms with van der Waals surface area (Å²) in [5.74, 6) is 0.979. The average molecular weight is 303 g/mol. The molecule has 1 aliphatic rings. The van der Waals surface area contributed by atoms with Gasteiger partial charge in [-0.3, -0.25) is 4.79 Å². The molecule has 0 aromatic heterocycles. The van der Waals surface area contributed by atoms with Crippen LogP contribution in [-0.4, -0.2) is 27.2 Å². The number of carbonyl (C=O) groups excluding carboxylic acids is 1. The van der Waals surface area contributed by atoms with Gasteiger partial charge in [-0.25, -0.2) is 4.99 Å². The normalized spacial score (nSPS) is 16.5. The molecule has 1 heterocycles. The smallest absolute Gasteiger partial charge is 0.257 e. The number of ether oxygens (including phenoxy) is 3. The summed E-state index contributed by atoms with van der Waals surface area (Å²) in [4.78, 5) is 16.6. The first-order valence-corrected chi connectivity index (χ1v) is 7.08. The zero-order valence-electron chi connectivity index (χ0n) is 13.6. The van der Waals surface area contributed by atoms with Crippen LogP contribution in [0.25, 0.3) is 5.76 Å². The summed E-state index contributed by atoms with van der Waals surface area (Å²) in [6.07, 6.45) is 2.59. The van der Waals surface area contributed by atoms with Crippen molar-refractivity contribution < 1.29 is 19.0 Å². The van der Waals surface area contributed by atoms with Crippen molar-refractivity contribution in [1.82, 2.24) is 0 Å². The minimum atomic E-state index is -0.398. The molecule has 0 aliphatic carbocycles. The highest BCUT2D eigenvalue weighted by molar-refractivity contribution is 5.89. The van der Waals surface area contributed by atoms with E-state index >= 15 is 0 Å². The molecular weight excluding hydrogens is 282 g/mol. The fourth-order valence-corrected chi connectivity index (χ4v) is 2.52. The van der Waals surface area contributed by atoms with Gasteiger partial charge in [-0.2, -0.15) is 0 Å². The summed E-state index contributed by atoms with van der Waals surface area (Å²) >= 11 is 0. The number of fused-ring (bicyclic) bond motifs is 1. The minimum absolute atomic E-state index is 0.228. The van der Waals surface area contributed by atoms with Gasteiger partial charge in [-0.05, 0) is 32.4 Å². The van der Waals surface area contributed by atoms with E-state index in [1.54, 1.807) is 20.3 Å². The second-order valence-electron chi connectivity index (χ2n) is 5.29. The first-order chi connectivity index (χ1) is 10.5. The number of carbonyl (C=O) groups is 1. The Bertz CT molecular complexity index is 730. The average Bonchev–Trinajstić information content (AvgIpc) is 2.50. The zero-order chi connectivity index (χ0) is 16.3. The first-order valence-electron chi connectivity index (χ1n) is 7.08. The van der Waals surface area contributed by atoms with Gasteiger partial charge in [0, 0.05) is 5.22 Å². The van der Waals surface area contributed by atoms with E-state index in [1.807, 2.05) is 26.0 Å². The number of benzene rings is 1. The van der Waals surface area contributed by atoms with E-state index in [9.17, 15) is 4.79 Å². The molecule has 0 saturated heterocycles. The lowest BCUT2D eigenvalue weighted by molar-refractivity contribution is -0.120. The van der Waals surface area contributed by atoms with E-state index in [4.69, 9.17) is 14.2 Å². The topological polar surface area (TPSA) is 57.1 Å². The van der Waals surface area contributed by atoms with Crippen molar-refractivity contribution in [3.63, 3.8) is 0 Å². The lowest BCUT2D eigenvalue weighted by Crippen LogP contribution is -2.39. The number of rotatable bonds is 5. The lowest BCUT2D eigenvalue weighted by atomic mass is 9.96. The highest BCUT2D eigenvalue weighted by Crippen LogP contribution is 2.25. The summed E-state index contributed by atoms with van der Waals surface area (Å²) in [5.41, 5.74) is 1.15. The predicted octanol–water partition coefficient (Wildman–Crippen LogP) is 1.59. The molecule has 118 valence electrons. The molecule has 1 amide bonds. The highest BCUT2D eigenvalue weighted by Gasteiger charge is 2.28. The van der Waals surface area contributed by atoms with E-state index in [1.165, 1.54) is 7.11 Å². The van der Waals surface area contributed by atoms with Crippen molar-refractivity contribution in [2.45, 2.75) is 20.3 Å². The summed E-state index contributed by atoms with van der Waals surface area (Å²) in [6, 6.07) is 3.64. The van der Waals surface area contributed by atoms with Gasteiger partial charge < -0.3 is 14.2 Å². The minimum Gasteiger partial charge on any atom is -0.500 e. The molecule has 0 saturated carbocycles. The van der Waals surface area contributed by atoms with E-state index in [-0.39, 0.29) is 5.91 Å². The van der Waals surface area contributed by atoms with Crippen LogP contribution in [0.15, 0.2) is 28.8 Å². The Hall–Kier alpha value is -2.30. The lowest BCUT2D eigenvalue weighted by Gasteiger charge is -2.19. The van der Waals surface area contributed by atoms with E-state index in [2.05, 4.69) is 4.99 Å². The molecule has 0 spiro atoms. The second kappa shape index (κ2) is 6.64. The van der Waals surface area contributed by atoms with Gasteiger partial charge in [0.1, 0.15) is 17.0 Å². The molecule has 0 fully saturated rings. The number of methoxy groups -OCH3 is 3. The molecule has 1 atom stereocenters. The molecular formula is C17H21NO4. The van der Waals surface area contributed by atoms with Crippen LogP contribution in [0.1, 0.15) is 20.3 Å². The van der Waals surface area contributed by atoms with Crippen molar-refractivity contribution in [3.05, 3.63) is 34.4 Å². The van der Waals surface area contributed by atoms with Crippen LogP contribution in [0.4, 0.5) is 0 Å². The number of nitrogens with zero attached hydrogens (tertiary/aromatic N) is 1. The molecule has 1 aliphatic heterocycles. The maximum absolute atomic E-state index is 12.4. The van der Waals surface area contributed by atoms with Crippen LogP contribution >= 0.6 is 0 Å². The van der Waals surface area contributed by atoms with Crippen LogP contribution in [0.2, 0.25) is 0 Å². The largest absolute Gasteiger partial charge is 0.500 e. The van der Waals surface area contributed by atoms with Crippen molar-refractivity contribution in [1.29, 1.82) is 0 Å². The molecule has 1 aromatic rings. The van der Waals surface area contributed by atoms with Crippen LogP contribution in [0.5, 0.6) is 11.5 Å². The van der Waals surface area contributed by atoms with Crippen molar-refractivity contribution in [3.8, 4) is 11.5 Å². The maximum atomic E-state index is 12.4. The van der Waals surface area contributed by atoms with Gasteiger partial charge in [-0.15, -0.1) is 0 Å². The highest BCUT2D eigenvalue weighted by atomic mass is 16.5. The predicted molar refractivity (Wildman–Crippen MR) is 83.3 cm³/mol. The van der Waals surface area contributed by atoms with Crippen molar-refractivity contribution in [2.75, 3.05) is 21.3 Å². The fraction of sp³-hybridized carbons (Fsp3) is 0.412. The van der Waals surface area contributed by atoms with Crippen LogP contribution in [0, 0.1) is 5.92 Å². The Labute approximate surface area is 129 Å². The van der Waals surface area contributed by atoms with Gasteiger partial charge in [0.15, 0.2) is 11.5 Å². The number of hydrogen-bond acceptors (Lipinski definition) is 4. The van der Waals surface area contributed by atoms with Crippen molar-refractivity contribution >= 4 is 11.7 Å². The Morgan fingerprint density at radius 1 is 1.18 bits per heavy atom. The fourth-order valence-electron chi connectivity index (χ4n) is 2.52. The molecule has 0 bridgehead atoms. The molecule has 2 rings (SSSR count). The quantitative estimate of drug-likeness (QED) is 0.775. The molecule has 0 radical (unpaired) electrons. The van der Waals surface area contributed by atoms with Gasteiger partial charge >= 0.3 is 0 Å².